The van der Waals surface area contributed by atoms with Gasteiger partial charge in [-0.1, -0.05) is 0 Å². The first kappa shape index (κ1) is 15.2. The molecular weight excluding hydrogens is 310 g/mol. The number of aromatic nitrogens is 2. The molecule has 1 aliphatic rings. The van der Waals surface area contributed by atoms with Gasteiger partial charge in [0.1, 0.15) is 0 Å². The highest BCUT2D eigenvalue weighted by Crippen LogP contribution is 2.25. The van der Waals surface area contributed by atoms with Gasteiger partial charge in [-0.05, 0) is 24.6 Å². The number of fused-ring (bicyclic) bond motifs is 1. The number of nitrogens with one attached hydrogen (secondary N) is 2. The van der Waals surface area contributed by atoms with E-state index in [1.165, 1.54) is 22.5 Å². The Bertz CT molecular complexity index is 841. The van der Waals surface area contributed by atoms with Gasteiger partial charge in [0, 0.05) is 25.6 Å². The van der Waals surface area contributed by atoms with Gasteiger partial charge in [-0.25, -0.2) is 13.2 Å². The predicted octanol–water partition coefficient (Wildman–Crippen LogP) is -0.780. The fourth-order valence-corrected chi connectivity index (χ4v) is 4.20. The highest BCUT2D eigenvalue weighted by atomic mass is 32.2. The first-order chi connectivity index (χ1) is 10.4. The molecule has 22 heavy (non-hydrogen) atoms. The van der Waals surface area contributed by atoms with Crippen LogP contribution in [0.4, 0.5) is 0 Å². The third-order valence-electron chi connectivity index (χ3n) is 4.04. The number of hydrogen-bond acceptors (Lipinski definition) is 5. The maximum atomic E-state index is 12.6. The van der Waals surface area contributed by atoms with Crippen molar-refractivity contribution in [3.05, 3.63) is 28.7 Å². The van der Waals surface area contributed by atoms with Crippen LogP contribution in [0.1, 0.15) is 6.42 Å². The molecule has 0 radical (unpaired) electrons. The van der Waals surface area contributed by atoms with Crippen LogP contribution in [0.15, 0.2) is 27.9 Å². The number of sulfonamides is 1. The predicted molar refractivity (Wildman–Crippen MR) is 78.9 cm³/mol. The molecule has 120 valence electrons. The Labute approximate surface area is 126 Å². The fourth-order valence-electron chi connectivity index (χ4n) is 2.70. The average Bonchev–Trinajstić information content (AvgIpc) is 2.86. The molecule has 2 atom stereocenters. The lowest BCUT2D eigenvalue weighted by atomic mass is 9.96. The van der Waals surface area contributed by atoms with Gasteiger partial charge in [0.25, 0.3) is 0 Å². The van der Waals surface area contributed by atoms with Gasteiger partial charge in [0.05, 0.1) is 22.0 Å². The summed E-state index contributed by atoms with van der Waals surface area (Å²) in [5, 5.41) is 19.0. The molecule has 0 spiro atoms. The van der Waals surface area contributed by atoms with Gasteiger partial charge >= 0.3 is 5.69 Å². The van der Waals surface area contributed by atoms with Crippen molar-refractivity contribution in [2.45, 2.75) is 17.4 Å². The number of H-pyrrole nitrogens is 2. The van der Waals surface area contributed by atoms with Gasteiger partial charge < -0.3 is 20.2 Å². The lowest BCUT2D eigenvalue weighted by Crippen LogP contribution is -2.47. The number of rotatable bonds is 3. The first-order valence-electron chi connectivity index (χ1n) is 6.93. The molecule has 3 rings (SSSR count). The van der Waals surface area contributed by atoms with Crippen molar-refractivity contribution in [1.29, 1.82) is 0 Å². The zero-order chi connectivity index (χ0) is 15.9. The summed E-state index contributed by atoms with van der Waals surface area (Å²) in [6.07, 6.45) is -0.482. The van der Waals surface area contributed by atoms with Crippen molar-refractivity contribution in [1.82, 2.24) is 14.3 Å². The van der Waals surface area contributed by atoms with Gasteiger partial charge in [0.15, 0.2) is 0 Å². The Kier molecular flexibility index (Phi) is 3.81. The van der Waals surface area contributed by atoms with Crippen LogP contribution in [0.5, 0.6) is 0 Å². The summed E-state index contributed by atoms with van der Waals surface area (Å²) in [5.41, 5.74) is 0.545. The average molecular weight is 327 g/mol. The Hall–Kier alpha value is -1.68. The Morgan fingerprint density at radius 3 is 2.68 bits per heavy atom. The molecule has 1 aliphatic heterocycles. The molecule has 1 fully saturated rings. The summed E-state index contributed by atoms with van der Waals surface area (Å²) < 4.78 is 26.5. The van der Waals surface area contributed by atoms with E-state index in [9.17, 15) is 18.3 Å². The topological polar surface area (TPSA) is 126 Å². The zero-order valence-corrected chi connectivity index (χ0v) is 12.5. The van der Waals surface area contributed by atoms with Crippen molar-refractivity contribution < 1.29 is 18.6 Å². The normalized spacial score (nSPS) is 23.9. The van der Waals surface area contributed by atoms with Crippen LogP contribution in [-0.2, 0) is 10.0 Å². The number of hydrogen-bond donors (Lipinski definition) is 4. The summed E-state index contributed by atoms with van der Waals surface area (Å²) in [6, 6.07) is 4.34. The van der Waals surface area contributed by atoms with Crippen molar-refractivity contribution in [3.63, 3.8) is 0 Å². The fraction of sp³-hybridized carbons (Fsp3) is 0.462. The Morgan fingerprint density at radius 2 is 2.00 bits per heavy atom. The largest absolute Gasteiger partial charge is 0.396 e. The van der Waals surface area contributed by atoms with Gasteiger partial charge in [0.2, 0.25) is 10.0 Å². The highest BCUT2D eigenvalue weighted by molar-refractivity contribution is 7.89. The van der Waals surface area contributed by atoms with E-state index in [4.69, 9.17) is 5.11 Å². The van der Waals surface area contributed by atoms with E-state index < -0.39 is 21.8 Å². The SMILES string of the molecule is O=c1[nH]c2ccc(S(=O)(=O)N3CC[C@@H](CO)[C@H](O)C3)cc2[nH]1. The molecule has 0 saturated carbocycles. The van der Waals surface area contributed by atoms with E-state index in [1.807, 2.05) is 0 Å². The summed E-state index contributed by atoms with van der Waals surface area (Å²) >= 11 is 0. The molecule has 8 nitrogen and oxygen atoms in total. The van der Waals surface area contributed by atoms with Crippen LogP contribution < -0.4 is 5.69 Å². The van der Waals surface area contributed by atoms with Crippen molar-refractivity contribution >= 4 is 21.1 Å². The maximum absolute atomic E-state index is 12.6. The van der Waals surface area contributed by atoms with Crippen LogP contribution in [0.2, 0.25) is 0 Å². The Morgan fingerprint density at radius 1 is 1.27 bits per heavy atom. The second kappa shape index (κ2) is 5.51. The highest BCUT2D eigenvalue weighted by Gasteiger charge is 2.34. The summed E-state index contributed by atoms with van der Waals surface area (Å²) in [5.74, 6) is -0.296. The number of benzene rings is 1. The lowest BCUT2D eigenvalue weighted by Gasteiger charge is -2.34. The quantitative estimate of drug-likeness (QED) is 0.588. The molecule has 1 saturated heterocycles. The molecule has 1 aromatic carbocycles. The van der Waals surface area contributed by atoms with E-state index in [-0.39, 0.29) is 30.5 Å². The van der Waals surface area contributed by atoms with Gasteiger partial charge in [-0.2, -0.15) is 4.31 Å². The van der Waals surface area contributed by atoms with E-state index >= 15 is 0 Å². The van der Waals surface area contributed by atoms with Crippen LogP contribution in [0.25, 0.3) is 11.0 Å². The van der Waals surface area contributed by atoms with Gasteiger partial charge in [-0.15, -0.1) is 0 Å². The van der Waals surface area contributed by atoms with Gasteiger partial charge in [-0.3, -0.25) is 0 Å². The number of nitrogens with zero attached hydrogens (tertiary/aromatic N) is 1. The van der Waals surface area contributed by atoms with E-state index in [1.54, 1.807) is 0 Å². The molecule has 0 amide bonds. The van der Waals surface area contributed by atoms with E-state index in [0.29, 0.717) is 17.5 Å². The van der Waals surface area contributed by atoms with Crippen LogP contribution in [-0.4, -0.2) is 58.7 Å². The summed E-state index contributed by atoms with van der Waals surface area (Å²) in [6.45, 7) is 0.0349. The summed E-state index contributed by atoms with van der Waals surface area (Å²) in [4.78, 5) is 16.4. The lowest BCUT2D eigenvalue weighted by molar-refractivity contribution is 0.0222. The third kappa shape index (κ3) is 2.56. The molecule has 0 bridgehead atoms. The van der Waals surface area contributed by atoms with E-state index in [0.717, 1.165) is 0 Å². The molecule has 0 unspecified atom stereocenters. The summed E-state index contributed by atoms with van der Waals surface area (Å²) in [7, 11) is -3.75. The Balaban J connectivity index is 1.92. The molecule has 9 heteroatoms. The zero-order valence-electron chi connectivity index (χ0n) is 11.7. The number of aromatic amines is 2. The molecule has 1 aromatic heterocycles. The van der Waals surface area contributed by atoms with Crippen molar-refractivity contribution in [3.8, 4) is 0 Å². The molecule has 2 aromatic rings. The minimum Gasteiger partial charge on any atom is -0.396 e. The second-order valence-electron chi connectivity index (χ2n) is 5.45. The number of imidazole rings is 1. The number of β-amino-alcohol motifs (C(OH)–C–C–N with tert-alkyl or cyclic N) is 1. The maximum Gasteiger partial charge on any atom is 0.323 e. The minimum atomic E-state index is -3.75. The van der Waals surface area contributed by atoms with E-state index in [2.05, 4.69) is 9.97 Å². The second-order valence-corrected chi connectivity index (χ2v) is 7.39. The molecule has 4 N–H and O–H groups in total. The standard InChI is InChI=1S/C13H17N3O5S/c17-7-8-3-4-16(6-12(8)18)22(20,21)9-1-2-10-11(5-9)15-13(19)14-10/h1-2,5,8,12,17-18H,3-4,6-7H2,(H2,14,15,19)/t8-,12+/m0/s1. The van der Waals surface area contributed by atoms with Crippen LogP contribution >= 0.6 is 0 Å². The smallest absolute Gasteiger partial charge is 0.323 e. The number of aliphatic hydroxyl groups is 2. The first-order valence-corrected chi connectivity index (χ1v) is 8.37. The molecule has 0 aliphatic carbocycles. The third-order valence-corrected chi connectivity index (χ3v) is 5.90. The van der Waals surface area contributed by atoms with Crippen molar-refractivity contribution in [2.24, 2.45) is 5.92 Å². The molecule has 2 heterocycles. The monoisotopic (exact) mass is 327 g/mol. The van der Waals surface area contributed by atoms with Crippen molar-refractivity contribution in [2.75, 3.05) is 19.7 Å². The molecular formula is C13H17N3O5S. The minimum absolute atomic E-state index is 0.0464. The number of aliphatic hydroxyl groups excluding tert-OH is 2. The number of piperidine rings is 1. The van der Waals surface area contributed by atoms with Crippen LogP contribution in [0, 0.1) is 5.92 Å². The van der Waals surface area contributed by atoms with Crippen LogP contribution in [0.3, 0.4) is 0 Å².